The highest BCUT2D eigenvalue weighted by Gasteiger charge is 2.21. The van der Waals surface area contributed by atoms with E-state index in [1.165, 1.54) is 16.0 Å². The van der Waals surface area contributed by atoms with Gasteiger partial charge in [0, 0.05) is 10.6 Å². The second kappa shape index (κ2) is 8.69. The Morgan fingerprint density at radius 2 is 1.79 bits per heavy atom. The van der Waals surface area contributed by atoms with Gasteiger partial charge in [0.1, 0.15) is 5.75 Å². The van der Waals surface area contributed by atoms with Gasteiger partial charge in [-0.25, -0.2) is 4.98 Å². The third-order valence-electron chi connectivity index (χ3n) is 5.23. The van der Waals surface area contributed by atoms with Gasteiger partial charge in [0.05, 0.1) is 40.0 Å². The number of aromatic amines is 1. The number of hydrogen-bond acceptors (Lipinski definition) is 5. The molecule has 0 radical (unpaired) electrons. The summed E-state index contributed by atoms with van der Waals surface area (Å²) in [5.74, 6) is 0.736. The van der Waals surface area contributed by atoms with Gasteiger partial charge in [-0.3, -0.25) is 14.9 Å². The highest BCUT2D eigenvalue weighted by molar-refractivity contribution is 7.20. The fraction of sp³-hybridized carbons (Fsp3) is 0.0800. The van der Waals surface area contributed by atoms with E-state index in [1.807, 2.05) is 67.6 Å². The van der Waals surface area contributed by atoms with Crippen LogP contribution < -0.4 is 10.3 Å². The summed E-state index contributed by atoms with van der Waals surface area (Å²) in [5, 5.41) is 4.47. The average molecular weight is 475 g/mol. The van der Waals surface area contributed by atoms with E-state index in [0.717, 1.165) is 21.5 Å². The van der Waals surface area contributed by atoms with E-state index in [2.05, 4.69) is 15.1 Å². The SMILES string of the molecule is COc1ccc(-c2[nH]n(-c3nc4ccccc4s3)c(=O)c2C(C)=Nc2ccc(Cl)cc2)cc1. The zero-order chi connectivity index (χ0) is 22.9. The number of aromatic nitrogens is 3. The second-order valence-corrected chi connectivity index (χ2v) is 8.81. The molecular formula is C25H19ClN4O2S. The number of thiazole rings is 1. The Morgan fingerprint density at radius 3 is 2.48 bits per heavy atom. The number of rotatable bonds is 5. The minimum Gasteiger partial charge on any atom is -0.497 e. The Morgan fingerprint density at radius 1 is 1.06 bits per heavy atom. The largest absolute Gasteiger partial charge is 0.497 e. The number of benzene rings is 3. The average Bonchev–Trinajstić information content (AvgIpc) is 3.41. The standard InChI is InChI=1S/C25H19ClN4O2S/c1-15(27-18-11-9-17(26)10-12-18)22-23(16-7-13-19(32-2)14-8-16)29-30(24(22)31)25-28-20-5-3-4-6-21(20)33-25/h3-14,29H,1-2H3. The summed E-state index contributed by atoms with van der Waals surface area (Å²) in [6, 6.07) is 22.5. The Labute approximate surface area is 198 Å². The zero-order valence-corrected chi connectivity index (χ0v) is 19.4. The lowest BCUT2D eigenvalue weighted by Crippen LogP contribution is -2.19. The molecule has 2 heterocycles. The molecule has 0 unspecified atom stereocenters. The van der Waals surface area contributed by atoms with E-state index in [9.17, 15) is 4.79 Å². The molecule has 0 atom stereocenters. The monoisotopic (exact) mass is 474 g/mol. The number of nitrogens with one attached hydrogen (secondary N) is 1. The maximum absolute atomic E-state index is 13.6. The second-order valence-electron chi connectivity index (χ2n) is 7.37. The molecule has 5 aromatic rings. The lowest BCUT2D eigenvalue weighted by atomic mass is 10.0. The van der Waals surface area contributed by atoms with Crippen LogP contribution in [0.25, 0.3) is 26.6 Å². The number of halogens is 1. The Hall–Kier alpha value is -3.68. The van der Waals surface area contributed by atoms with E-state index < -0.39 is 0 Å². The van der Waals surface area contributed by atoms with E-state index >= 15 is 0 Å². The quantitative estimate of drug-likeness (QED) is 0.306. The molecule has 1 N–H and O–H groups in total. The Bertz CT molecular complexity index is 1500. The molecule has 2 aromatic heterocycles. The highest BCUT2D eigenvalue weighted by atomic mass is 35.5. The van der Waals surface area contributed by atoms with Crippen LogP contribution in [0.1, 0.15) is 12.5 Å². The van der Waals surface area contributed by atoms with Crippen LogP contribution >= 0.6 is 22.9 Å². The van der Waals surface area contributed by atoms with Gasteiger partial charge >= 0.3 is 0 Å². The predicted octanol–water partition coefficient (Wildman–Crippen LogP) is 6.25. The molecule has 0 saturated carbocycles. The van der Waals surface area contributed by atoms with Crippen molar-refractivity contribution in [2.45, 2.75) is 6.92 Å². The number of aliphatic imine (C=N–C) groups is 1. The Balaban J connectivity index is 1.69. The number of methoxy groups -OCH3 is 1. The van der Waals surface area contributed by atoms with Crippen LogP contribution in [-0.4, -0.2) is 27.6 Å². The van der Waals surface area contributed by atoms with Crippen LogP contribution in [0.2, 0.25) is 5.02 Å². The predicted molar refractivity (Wildman–Crippen MR) is 135 cm³/mol. The molecule has 3 aromatic carbocycles. The van der Waals surface area contributed by atoms with E-state index in [4.69, 9.17) is 16.3 Å². The van der Waals surface area contributed by atoms with Gasteiger partial charge in [-0.05, 0) is 67.6 Å². The third kappa shape index (κ3) is 4.08. The van der Waals surface area contributed by atoms with Crippen LogP contribution in [0, 0.1) is 0 Å². The molecule has 0 aliphatic heterocycles. The van der Waals surface area contributed by atoms with Crippen molar-refractivity contribution in [3.63, 3.8) is 0 Å². The first-order valence-corrected chi connectivity index (χ1v) is 11.4. The number of H-pyrrole nitrogens is 1. The van der Waals surface area contributed by atoms with Gasteiger partial charge in [0.2, 0.25) is 5.13 Å². The van der Waals surface area contributed by atoms with Crippen molar-refractivity contribution < 1.29 is 4.74 Å². The van der Waals surface area contributed by atoms with Crippen molar-refractivity contribution >= 4 is 44.6 Å². The number of nitrogens with zero attached hydrogens (tertiary/aromatic N) is 3. The van der Waals surface area contributed by atoms with Gasteiger partial charge < -0.3 is 4.74 Å². The summed E-state index contributed by atoms with van der Waals surface area (Å²) < 4.78 is 7.78. The van der Waals surface area contributed by atoms with Crippen molar-refractivity contribution in [3.05, 3.63) is 93.7 Å². The van der Waals surface area contributed by atoms with Gasteiger partial charge in [0.25, 0.3) is 5.56 Å². The van der Waals surface area contributed by atoms with Crippen LogP contribution in [0.4, 0.5) is 5.69 Å². The minimum atomic E-state index is -0.213. The minimum absolute atomic E-state index is 0.213. The number of para-hydroxylation sites is 1. The Kier molecular flexibility index (Phi) is 5.58. The molecule has 0 fully saturated rings. The molecule has 33 heavy (non-hydrogen) atoms. The van der Waals surface area contributed by atoms with Crippen molar-refractivity contribution in [3.8, 4) is 22.1 Å². The molecule has 0 spiro atoms. The summed E-state index contributed by atoms with van der Waals surface area (Å²) in [5.41, 5.74) is 3.92. The van der Waals surface area contributed by atoms with Crippen molar-refractivity contribution in [1.29, 1.82) is 0 Å². The third-order valence-corrected chi connectivity index (χ3v) is 6.50. The van der Waals surface area contributed by atoms with Gasteiger partial charge in [-0.2, -0.15) is 4.68 Å². The lowest BCUT2D eigenvalue weighted by molar-refractivity contribution is 0.415. The van der Waals surface area contributed by atoms with Crippen molar-refractivity contribution in [2.24, 2.45) is 4.99 Å². The molecule has 6 nitrogen and oxygen atoms in total. The molecular weight excluding hydrogens is 456 g/mol. The van der Waals surface area contributed by atoms with Crippen LogP contribution in [0.5, 0.6) is 5.75 Å². The summed E-state index contributed by atoms with van der Waals surface area (Å²) >= 11 is 7.45. The highest BCUT2D eigenvalue weighted by Crippen LogP contribution is 2.28. The van der Waals surface area contributed by atoms with Gasteiger partial charge in [-0.15, -0.1) is 0 Å². The van der Waals surface area contributed by atoms with Gasteiger partial charge in [-0.1, -0.05) is 35.1 Å². The molecule has 0 aliphatic rings. The van der Waals surface area contributed by atoms with Crippen molar-refractivity contribution in [2.75, 3.05) is 7.11 Å². The van der Waals surface area contributed by atoms with Crippen LogP contribution in [0.3, 0.4) is 0 Å². The summed E-state index contributed by atoms with van der Waals surface area (Å²) in [4.78, 5) is 23.0. The molecule has 164 valence electrons. The zero-order valence-electron chi connectivity index (χ0n) is 17.9. The molecule has 5 rings (SSSR count). The fourth-order valence-corrected chi connectivity index (χ4v) is 4.65. The number of ether oxygens (including phenoxy) is 1. The first-order valence-electron chi connectivity index (χ1n) is 10.2. The molecule has 0 bridgehead atoms. The molecule has 0 saturated heterocycles. The summed E-state index contributed by atoms with van der Waals surface area (Å²) in [6.07, 6.45) is 0. The molecule has 8 heteroatoms. The smallest absolute Gasteiger partial charge is 0.283 e. The fourth-order valence-electron chi connectivity index (χ4n) is 3.60. The lowest BCUT2D eigenvalue weighted by Gasteiger charge is -2.05. The van der Waals surface area contributed by atoms with E-state index in [0.29, 0.717) is 32.8 Å². The maximum Gasteiger partial charge on any atom is 0.283 e. The first kappa shape index (κ1) is 21.2. The number of fused-ring (bicyclic) bond motifs is 1. The van der Waals surface area contributed by atoms with E-state index in [1.54, 1.807) is 19.2 Å². The van der Waals surface area contributed by atoms with Gasteiger partial charge in [0.15, 0.2) is 0 Å². The molecule has 0 amide bonds. The first-order chi connectivity index (χ1) is 16.0. The summed E-state index contributed by atoms with van der Waals surface area (Å²) in [7, 11) is 1.62. The normalized spacial score (nSPS) is 11.8. The number of hydrogen-bond donors (Lipinski definition) is 1. The molecule has 0 aliphatic carbocycles. The van der Waals surface area contributed by atoms with Crippen LogP contribution in [-0.2, 0) is 0 Å². The topological polar surface area (TPSA) is 72.3 Å². The van der Waals surface area contributed by atoms with Crippen LogP contribution in [0.15, 0.2) is 82.6 Å². The summed E-state index contributed by atoms with van der Waals surface area (Å²) in [6.45, 7) is 1.83. The van der Waals surface area contributed by atoms with E-state index in [-0.39, 0.29) is 5.56 Å². The maximum atomic E-state index is 13.6. The van der Waals surface area contributed by atoms with Crippen molar-refractivity contribution in [1.82, 2.24) is 14.8 Å².